The van der Waals surface area contributed by atoms with Gasteiger partial charge >= 0.3 is 5.69 Å². The molecule has 98 valence electrons. The molecule has 0 bridgehead atoms. The average Bonchev–Trinajstić information content (AvgIpc) is 2.84. The zero-order chi connectivity index (χ0) is 13.1. The third-order valence-corrected chi connectivity index (χ3v) is 3.24. The van der Waals surface area contributed by atoms with E-state index in [0.29, 0.717) is 18.3 Å². The predicted octanol–water partition coefficient (Wildman–Crippen LogP) is 2.14. The second-order valence-corrected chi connectivity index (χ2v) is 4.69. The zero-order valence-electron chi connectivity index (χ0n) is 10.5. The summed E-state index contributed by atoms with van der Waals surface area (Å²) >= 11 is 0. The Bertz CT molecular complexity index is 444. The van der Waals surface area contributed by atoms with Crippen LogP contribution in [0.1, 0.15) is 18.9 Å². The highest BCUT2D eigenvalue weighted by Crippen LogP contribution is 2.26. The molecule has 1 aliphatic rings. The third-order valence-electron chi connectivity index (χ3n) is 3.24. The van der Waals surface area contributed by atoms with Crippen LogP contribution in [-0.2, 0) is 4.74 Å². The van der Waals surface area contributed by atoms with E-state index in [1.165, 1.54) is 6.07 Å². The van der Waals surface area contributed by atoms with Gasteiger partial charge in [0.1, 0.15) is 0 Å². The molecule has 1 aromatic rings. The molecule has 1 aliphatic heterocycles. The van der Waals surface area contributed by atoms with Gasteiger partial charge in [-0.2, -0.15) is 0 Å². The fraction of sp³-hybridized carbons (Fsp3) is 0.583. The lowest BCUT2D eigenvalue weighted by Crippen LogP contribution is -2.27. The smallest absolute Gasteiger partial charge is 0.311 e. The topological polar surface area (TPSA) is 77.3 Å². The Kier molecular flexibility index (Phi) is 3.76. The Labute approximate surface area is 106 Å². The molecule has 1 saturated heterocycles. The minimum atomic E-state index is -0.403. The highest BCUT2D eigenvalue weighted by molar-refractivity contribution is 5.57. The molecule has 2 unspecified atom stereocenters. The number of nitro groups is 1. The maximum Gasteiger partial charge on any atom is 0.311 e. The maximum absolute atomic E-state index is 11.0. The molecule has 0 aromatic carbocycles. The summed E-state index contributed by atoms with van der Waals surface area (Å²) in [6.07, 6.45) is 2.61. The number of rotatable bonds is 4. The molecule has 2 atom stereocenters. The number of aryl methyl sites for hydroxylation is 1. The van der Waals surface area contributed by atoms with Crippen molar-refractivity contribution in [1.29, 1.82) is 0 Å². The first-order valence-corrected chi connectivity index (χ1v) is 6.03. The van der Waals surface area contributed by atoms with Gasteiger partial charge in [0, 0.05) is 30.8 Å². The fourth-order valence-corrected chi connectivity index (χ4v) is 2.08. The van der Waals surface area contributed by atoms with Crippen LogP contribution in [0.3, 0.4) is 0 Å². The molecule has 18 heavy (non-hydrogen) atoms. The minimum absolute atomic E-state index is 0.0285. The van der Waals surface area contributed by atoms with Crippen LogP contribution < -0.4 is 5.32 Å². The van der Waals surface area contributed by atoms with Crippen molar-refractivity contribution in [2.24, 2.45) is 5.92 Å². The summed E-state index contributed by atoms with van der Waals surface area (Å²) in [7, 11) is 0. The van der Waals surface area contributed by atoms with Crippen molar-refractivity contribution >= 4 is 11.5 Å². The molecule has 0 saturated carbocycles. The minimum Gasteiger partial charge on any atom is -0.381 e. The molecule has 6 nitrogen and oxygen atoms in total. The van der Waals surface area contributed by atoms with Gasteiger partial charge in [-0.25, -0.2) is 4.98 Å². The Hall–Kier alpha value is -1.69. The lowest BCUT2D eigenvalue weighted by atomic mass is 10.0. The summed E-state index contributed by atoms with van der Waals surface area (Å²) in [4.78, 5) is 14.7. The maximum atomic E-state index is 11.0. The van der Waals surface area contributed by atoms with Crippen LogP contribution >= 0.6 is 0 Å². The second kappa shape index (κ2) is 5.30. The summed E-state index contributed by atoms with van der Waals surface area (Å²) in [6, 6.07) is 1.65. The molecule has 0 aliphatic carbocycles. The molecule has 1 N–H and O–H groups in total. The molecule has 0 spiro atoms. The summed E-state index contributed by atoms with van der Waals surface area (Å²) < 4.78 is 5.32. The third kappa shape index (κ3) is 2.76. The van der Waals surface area contributed by atoms with Crippen LogP contribution in [0.4, 0.5) is 11.5 Å². The summed E-state index contributed by atoms with van der Waals surface area (Å²) in [5, 5.41) is 14.1. The van der Waals surface area contributed by atoms with Gasteiger partial charge in [0.05, 0.1) is 11.5 Å². The molecule has 6 heteroatoms. The molecule has 1 aromatic heterocycles. The molecule has 2 heterocycles. The average molecular weight is 251 g/mol. The van der Waals surface area contributed by atoms with Gasteiger partial charge in [-0.1, -0.05) is 0 Å². The summed E-state index contributed by atoms with van der Waals surface area (Å²) in [6.45, 7) is 5.26. The van der Waals surface area contributed by atoms with E-state index in [-0.39, 0.29) is 11.7 Å². The van der Waals surface area contributed by atoms with E-state index in [9.17, 15) is 10.1 Å². The van der Waals surface area contributed by atoms with E-state index >= 15 is 0 Å². The predicted molar refractivity (Wildman–Crippen MR) is 67.6 cm³/mol. The van der Waals surface area contributed by atoms with Gasteiger partial charge in [-0.05, 0) is 25.8 Å². The highest BCUT2D eigenvalue weighted by atomic mass is 16.6. The molecule has 0 radical (unpaired) electrons. The highest BCUT2D eigenvalue weighted by Gasteiger charge is 2.25. The fourth-order valence-electron chi connectivity index (χ4n) is 2.08. The number of anilines is 1. The zero-order valence-corrected chi connectivity index (χ0v) is 10.5. The first kappa shape index (κ1) is 12.8. The van der Waals surface area contributed by atoms with Gasteiger partial charge in [-0.15, -0.1) is 0 Å². The Balaban J connectivity index is 2.15. The van der Waals surface area contributed by atoms with Crippen LogP contribution in [0.2, 0.25) is 0 Å². The number of nitrogens with one attached hydrogen (secondary N) is 1. The van der Waals surface area contributed by atoms with Crippen molar-refractivity contribution in [1.82, 2.24) is 4.98 Å². The largest absolute Gasteiger partial charge is 0.381 e. The molecule has 1 fully saturated rings. The lowest BCUT2D eigenvalue weighted by Gasteiger charge is -2.19. The normalized spacial score (nSPS) is 20.7. The van der Waals surface area contributed by atoms with E-state index < -0.39 is 4.92 Å². The van der Waals surface area contributed by atoms with E-state index in [1.54, 1.807) is 13.1 Å². The number of aromatic nitrogens is 1. The lowest BCUT2D eigenvalue weighted by molar-refractivity contribution is -0.384. The van der Waals surface area contributed by atoms with Gasteiger partial charge in [0.2, 0.25) is 5.82 Å². The van der Waals surface area contributed by atoms with E-state index in [0.717, 1.165) is 18.6 Å². The summed E-state index contributed by atoms with van der Waals surface area (Å²) in [5.41, 5.74) is 0.810. The van der Waals surface area contributed by atoms with Gasteiger partial charge in [0.15, 0.2) is 0 Å². The van der Waals surface area contributed by atoms with Crippen molar-refractivity contribution in [2.75, 3.05) is 18.5 Å². The monoisotopic (exact) mass is 251 g/mol. The standard InChI is InChI=1S/C12H17N3O3/c1-8-5-11(15(16)17)12(13-6-8)14-9(2)10-3-4-18-7-10/h5-6,9-10H,3-4,7H2,1-2H3,(H,13,14). The first-order valence-electron chi connectivity index (χ1n) is 6.03. The number of pyridine rings is 1. The van der Waals surface area contributed by atoms with Gasteiger partial charge < -0.3 is 10.1 Å². The van der Waals surface area contributed by atoms with Crippen LogP contribution in [0, 0.1) is 23.0 Å². The van der Waals surface area contributed by atoms with Crippen LogP contribution in [0.5, 0.6) is 0 Å². The summed E-state index contributed by atoms with van der Waals surface area (Å²) in [5.74, 6) is 0.720. The van der Waals surface area contributed by atoms with Crippen LogP contribution in [-0.4, -0.2) is 29.2 Å². The van der Waals surface area contributed by atoms with Crippen LogP contribution in [0.15, 0.2) is 12.3 Å². The molecule has 2 rings (SSSR count). The van der Waals surface area contributed by atoms with Crippen molar-refractivity contribution in [3.63, 3.8) is 0 Å². The molecule has 0 amide bonds. The van der Waals surface area contributed by atoms with Crippen molar-refractivity contribution in [3.8, 4) is 0 Å². The van der Waals surface area contributed by atoms with Crippen molar-refractivity contribution < 1.29 is 9.66 Å². The van der Waals surface area contributed by atoms with Crippen LogP contribution in [0.25, 0.3) is 0 Å². The van der Waals surface area contributed by atoms with E-state index in [1.807, 2.05) is 6.92 Å². The first-order chi connectivity index (χ1) is 8.58. The Morgan fingerprint density at radius 2 is 2.44 bits per heavy atom. The van der Waals surface area contributed by atoms with Gasteiger partial charge in [0.25, 0.3) is 0 Å². The number of hydrogen-bond donors (Lipinski definition) is 1. The van der Waals surface area contributed by atoms with E-state index in [2.05, 4.69) is 10.3 Å². The Morgan fingerprint density at radius 3 is 3.06 bits per heavy atom. The Morgan fingerprint density at radius 1 is 1.67 bits per heavy atom. The van der Waals surface area contributed by atoms with Crippen molar-refractivity contribution in [2.45, 2.75) is 26.3 Å². The SMILES string of the molecule is Cc1cnc(NC(C)C2CCOC2)c([N+](=O)[O-])c1. The van der Waals surface area contributed by atoms with Gasteiger partial charge in [-0.3, -0.25) is 10.1 Å². The molecular formula is C12H17N3O3. The number of nitrogens with zero attached hydrogens (tertiary/aromatic N) is 2. The van der Waals surface area contributed by atoms with E-state index in [4.69, 9.17) is 4.74 Å². The second-order valence-electron chi connectivity index (χ2n) is 4.69. The number of ether oxygens (including phenoxy) is 1. The molecular weight excluding hydrogens is 234 g/mol. The number of hydrogen-bond acceptors (Lipinski definition) is 5. The van der Waals surface area contributed by atoms with Crippen molar-refractivity contribution in [3.05, 3.63) is 27.9 Å². The quantitative estimate of drug-likeness (QED) is 0.655.